The van der Waals surface area contributed by atoms with Crippen LogP contribution in [0.3, 0.4) is 0 Å². The minimum Gasteiger partial charge on any atom is -0.290 e. The molecule has 0 amide bonds. The van der Waals surface area contributed by atoms with Gasteiger partial charge in [-0.1, -0.05) is 99.3 Å². The molecule has 0 aliphatic rings. The first-order valence-corrected chi connectivity index (χ1v) is 14.4. The van der Waals surface area contributed by atoms with Crippen molar-refractivity contribution in [2.75, 3.05) is 19.7 Å². The number of hydroxylamine groups is 1. The minimum absolute atomic E-state index is 0.599. The highest BCUT2D eigenvalue weighted by molar-refractivity contribution is 7.56. The summed E-state index contributed by atoms with van der Waals surface area (Å²) in [6.45, 7) is 15.5. The van der Waals surface area contributed by atoms with Gasteiger partial charge in [0.05, 0.1) is 6.61 Å². The van der Waals surface area contributed by atoms with Crippen LogP contribution in [-0.4, -0.2) is 24.5 Å². The highest BCUT2D eigenvalue weighted by Crippen LogP contribution is 2.37. The first kappa shape index (κ1) is 30.1. The standard InChI is InChI=1S/C24H54N3O2P/c1-22(2)16-10-7-13-19-26-30(25,28)27(20-14-8-11-17-23(3)4)29-21-15-9-12-18-24(5)6/h22-24H,7-21H2,1-6H3,(H3,25,26,28). The summed E-state index contributed by atoms with van der Waals surface area (Å²) in [6, 6.07) is 0. The molecule has 5 nitrogen and oxygen atoms in total. The molecule has 0 heterocycles. The Bertz CT molecular complexity index is 431. The van der Waals surface area contributed by atoms with Crippen LogP contribution in [0.15, 0.2) is 0 Å². The fourth-order valence-electron chi connectivity index (χ4n) is 3.45. The molecule has 6 heteroatoms. The summed E-state index contributed by atoms with van der Waals surface area (Å²) in [6.07, 6.45) is 13.8. The second-order valence-corrected chi connectivity index (χ2v) is 12.2. The lowest BCUT2D eigenvalue weighted by molar-refractivity contribution is -0.0908. The Hall–Kier alpha value is 0.0700. The van der Waals surface area contributed by atoms with Gasteiger partial charge in [-0.2, -0.15) is 0 Å². The van der Waals surface area contributed by atoms with Crippen LogP contribution in [0.4, 0.5) is 0 Å². The van der Waals surface area contributed by atoms with Crippen LogP contribution in [0, 0.1) is 17.8 Å². The SMILES string of the molecule is CC(C)CCCCCNP(N)(=O)N(CCCCCC(C)C)OCCCCCC(C)C. The number of hydrogen-bond donors (Lipinski definition) is 2. The van der Waals surface area contributed by atoms with Gasteiger partial charge in [0.15, 0.2) is 0 Å². The topological polar surface area (TPSA) is 67.6 Å². The minimum atomic E-state index is -3.15. The smallest absolute Gasteiger partial charge is 0.290 e. The van der Waals surface area contributed by atoms with E-state index in [1.165, 1.54) is 38.5 Å². The van der Waals surface area contributed by atoms with Gasteiger partial charge in [-0.15, -0.1) is 4.83 Å². The highest BCUT2D eigenvalue weighted by atomic mass is 31.2. The molecule has 0 aliphatic carbocycles. The number of rotatable bonds is 21. The predicted molar refractivity (Wildman–Crippen MR) is 132 cm³/mol. The van der Waals surface area contributed by atoms with Crippen molar-refractivity contribution < 1.29 is 9.40 Å². The zero-order chi connectivity index (χ0) is 22.8. The van der Waals surface area contributed by atoms with E-state index in [2.05, 4.69) is 46.6 Å². The maximum Gasteiger partial charge on any atom is 0.301 e. The maximum absolute atomic E-state index is 13.1. The van der Waals surface area contributed by atoms with Gasteiger partial charge in [0.2, 0.25) is 0 Å². The molecule has 0 aromatic heterocycles. The third-order valence-electron chi connectivity index (χ3n) is 5.42. The monoisotopic (exact) mass is 447 g/mol. The molecule has 1 atom stereocenters. The molecule has 0 saturated heterocycles. The van der Waals surface area contributed by atoms with E-state index in [4.69, 9.17) is 10.3 Å². The fourth-order valence-corrected chi connectivity index (χ4v) is 4.78. The normalized spacial score (nSPS) is 14.4. The number of unbranched alkanes of at least 4 members (excludes halogenated alkanes) is 6. The molecule has 182 valence electrons. The Morgan fingerprint density at radius 2 is 1.20 bits per heavy atom. The largest absolute Gasteiger partial charge is 0.301 e. The molecule has 0 rings (SSSR count). The lowest BCUT2D eigenvalue weighted by atomic mass is 10.1. The Labute approximate surface area is 188 Å². The van der Waals surface area contributed by atoms with Crippen molar-refractivity contribution in [2.24, 2.45) is 23.3 Å². The van der Waals surface area contributed by atoms with Crippen LogP contribution in [-0.2, 0) is 9.40 Å². The molecule has 0 radical (unpaired) electrons. The second kappa shape index (κ2) is 18.6. The summed E-state index contributed by atoms with van der Waals surface area (Å²) in [4.78, 5) is 7.52. The quantitative estimate of drug-likeness (QED) is 0.108. The Kier molecular flexibility index (Phi) is 18.7. The molecule has 0 aromatic carbocycles. The van der Waals surface area contributed by atoms with Gasteiger partial charge in [-0.3, -0.25) is 14.9 Å². The van der Waals surface area contributed by atoms with Gasteiger partial charge in [-0.05, 0) is 37.0 Å². The molecule has 0 spiro atoms. The Morgan fingerprint density at radius 3 is 1.70 bits per heavy atom. The number of nitrogens with one attached hydrogen (secondary N) is 1. The van der Waals surface area contributed by atoms with Crippen molar-refractivity contribution in [1.29, 1.82) is 0 Å². The zero-order valence-corrected chi connectivity index (χ0v) is 22.0. The van der Waals surface area contributed by atoms with Gasteiger partial charge in [0.1, 0.15) is 0 Å². The number of nitrogens with zero attached hydrogens (tertiary/aromatic N) is 1. The van der Waals surface area contributed by atoms with Crippen LogP contribution < -0.4 is 10.6 Å². The summed E-state index contributed by atoms with van der Waals surface area (Å²) in [7, 11) is -3.15. The molecule has 1 unspecified atom stereocenters. The van der Waals surface area contributed by atoms with Gasteiger partial charge in [-0.25, -0.2) is 5.09 Å². The van der Waals surface area contributed by atoms with Crippen molar-refractivity contribution in [3.63, 3.8) is 0 Å². The van der Waals surface area contributed by atoms with E-state index in [0.717, 1.165) is 56.3 Å². The maximum atomic E-state index is 13.1. The van der Waals surface area contributed by atoms with Gasteiger partial charge < -0.3 is 0 Å². The van der Waals surface area contributed by atoms with Crippen molar-refractivity contribution in [1.82, 2.24) is 9.92 Å². The van der Waals surface area contributed by atoms with E-state index in [9.17, 15) is 4.57 Å². The lowest BCUT2D eigenvalue weighted by Gasteiger charge is -2.28. The van der Waals surface area contributed by atoms with Crippen molar-refractivity contribution in [2.45, 2.75) is 119 Å². The first-order valence-electron chi connectivity index (χ1n) is 12.7. The third kappa shape index (κ3) is 18.8. The highest BCUT2D eigenvalue weighted by Gasteiger charge is 2.26. The summed E-state index contributed by atoms with van der Waals surface area (Å²) < 4.78 is 13.1. The van der Waals surface area contributed by atoms with E-state index < -0.39 is 7.59 Å². The summed E-state index contributed by atoms with van der Waals surface area (Å²) >= 11 is 0. The van der Waals surface area contributed by atoms with E-state index in [1.54, 1.807) is 4.83 Å². The van der Waals surface area contributed by atoms with E-state index in [0.29, 0.717) is 19.7 Å². The Balaban J connectivity index is 4.34. The molecule has 30 heavy (non-hydrogen) atoms. The average molecular weight is 448 g/mol. The molecule has 0 bridgehead atoms. The van der Waals surface area contributed by atoms with Crippen molar-refractivity contribution >= 4 is 7.59 Å². The summed E-state index contributed by atoms with van der Waals surface area (Å²) in [5.41, 5.74) is 6.21. The Morgan fingerprint density at radius 1 is 0.733 bits per heavy atom. The van der Waals surface area contributed by atoms with Crippen LogP contribution >= 0.6 is 7.59 Å². The zero-order valence-electron chi connectivity index (χ0n) is 21.1. The van der Waals surface area contributed by atoms with Crippen LogP contribution in [0.25, 0.3) is 0 Å². The number of hydrogen-bond acceptors (Lipinski definition) is 2. The van der Waals surface area contributed by atoms with Crippen LogP contribution in [0.5, 0.6) is 0 Å². The molecular weight excluding hydrogens is 393 g/mol. The molecule has 0 saturated carbocycles. The van der Waals surface area contributed by atoms with Gasteiger partial charge in [0, 0.05) is 13.1 Å². The predicted octanol–water partition coefficient (Wildman–Crippen LogP) is 7.53. The average Bonchev–Trinajstić information content (AvgIpc) is 2.64. The first-order chi connectivity index (χ1) is 14.1. The van der Waals surface area contributed by atoms with E-state index in [1.807, 2.05) is 0 Å². The van der Waals surface area contributed by atoms with Crippen molar-refractivity contribution in [3.05, 3.63) is 0 Å². The van der Waals surface area contributed by atoms with E-state index >= 15 is 0 Å². The fraction of sp³-hybridized carbons (Fsp3) is 1.00. The summed E-state index contributed by atoms with van der Waals surface area (Å²) in [5, 5.41) is 3.11. The van der Waals surface area contributed by atoms with Crippen LogP contribution in [0.1, 0.15) is 119 Å². The summed E-state index contributed by atoms with van der Waals surface area (Å²) in [5.74, 6) is 2.24. The number of nitrogens with two attached hydrogens (primary N) is 1. The molecule has 0 aromatic rings. The molecule has 0 fully saturated rings. The van der Waals surface area contributed by atoms with Gasteiger partial charge >= 0.3 is 7.59 Å². The van der Waals surface area contributed by atoms with Crippen LogP contribution in [0.2, 0.25) is 0 Å². The molecule has 0 aliphatic heterocycles. The van der Waals surface area contributed by atoms with Crippen molar-refractivity contribution in [3.8, 4) is 0 Å². The molecule has 3 N–H and O–H groups in total. The third-order valence-corrected chi connectivity index (χ3v) is 7.08. The van der Waals surface area contributed by atoms with Gasteiger partial charge in [0.25, 0.3) is 0 Å². The second-order valence-electron chi connectivity index (χ2n) is 10.2. The lowest BCUT2D eigenvalue weighted by Crippen LogP contribution is -2.34. The van der Waals surface area contributed by atoms with E-state index in [-0.39, 0.29) is 0 Å². The molecular formula is C24H54N3O2P.